The van der Waals surface area contributed by atoms with E-state index in [0.717, 1.165) is 22.0 Å². The number of thioether (sulfide) groups is 1. The molecular weight excluding hydrogens is 320 g/mol. The Morgan fingerprint density at radius 2 is 2.14 bits per heavy atom. The van der Waals surface area contributed by atoms with Crippen LogP contribution >= 0.6 is 23.4 Å². The second-order valence-corrected chi connectivity index (χ2v) is 6.46. The summed E-state index contributed by atoms with van der Waals surface area (Å²) in [4.78, 5) is 12.1. The van der Waals surface area contributed by atoms with Crippen LogP contribution in [0.5, 0.6) is 5.75 Å². The molecule has 0 aromatic heterocycles. The van der Waals surface area contributed by atoms with Gasteiger partial charge in [-0.3, -0.25) is 4.79 Å². The van der Waals surface area contributed by atoms with E-state index < -0.39 is 0 Å². The monoisotopic (exact) mass is 334 g/mol. The summed E-state index contributed by atoms with van der Waals surface area (Å²) in [6, 6.07) is 13.9. The standard InChI is InChI=1S/C17H15ClO3S/c1-11(19)21-15-9-20-17-14(15)7-13(18)8-16(17)22-10-12-5-3-2-4-6-12/h2-8,15H,9-10H2,1H3. The average Bonchev–Trinajstić information content (AvgIpc) is 2.88. The summed E-state index contributed by atoms with van der Waals surface area (Å²) >= 11 is 7.87. The number of rotatable bonds is 4. The van der Waals surface area contributed by atoms with Gasteiger partial charge >= 0.3 is 5.97 Å². The van der Waals surface area contributed by atoms with Crippen LogP contribution in [-0.2, 0) is 15.3 Å². The number of esters is 1. The first-order valence-electron chi connectivity index (χ1n) is 6.93. The van der Waals surface area contributed by atoms with Crippen LogP contribution in [0.15, 0.2) is 47.4 Å². The van der Waals surface area contributed by atoms with E-state index in [4.69, 9.17) is 21.1 Å². The van der Waals surface area contributed by atoms with Crippen molar-refractivity contribution in [2.24, 2.45) is 0 Å². The Hall–Kier alpha value is -1.65. The molecule has 0 saturated carbocycles. The Balaban J connectivity index is 1.82. The van der Waals surface area contributed by atoms with E-state index in [-0.39, 0.29) is 12.1 Å². The number of carbonyl (C=O) groups excluding carboxylic acids is 1. The first-order chi connectivity index (χ1) is 10.6. The van der Waals surface area contributed by atoms with Crippen molar-refractivity contribution in [2.45, 2.75) is 23.7 Å². The summed E-state index contributed by atoms with van der Waals surface area (Å²) in [6.07, 6.45) is -0.373. The molecule has 2 aromatic rings. The molecule has 114 valence electrons. The first kappa shape index (κ1) is 15.3. The molecule has 0 radical (unpaired) electrons. The number of benzene rings is 2. The zero-order valence-corrected chi connectivity index (χ0v) is 13.6. The molecule has 2 aromatic carbocycles. The summed E-state index contributed by atoms with van der Waals surface area (Å²) in [7, 11) is 0. The molecule has 0 spiro atoms. The van der Waals surface area contributed by atoms with Crippen LogP contribution in [0.4, 0.5) is 0 Å². The van der Waals surface area contributed by atoms with Gasteiger partial charge in [0, 0.05) is 23.3 Å². The molecule has 22 heavy (non-hydrogen) atoms. The third-order valence-electron chi connectivity index (χ3n) is 3.32. The van der Waals surface area contributed by atoms with Crippen molar-refractivity contribution in [1.82, 2.24) is 0 Å². The number of hydrogen-bond donors (Lipinski definition) is 0. The van der Waals surface area contributed by atoms with E-state index in [1.165, 1.54) is 12.5 Å². The first-order valence-corrected chi connectivity index (χ1v) is 8.30. The largest absolute Gasteiger partial charge is 0.488 e. The second kappa shape index (κ2) is 6.63. The van der Waals surface area contributed by atoms with Crippen LogP contribution in [0.3, 0.4) is 0 Å². The molecule has 0 saturated heterocycles. The lowest BCUT2D eigenvalue weighted by atomic mass is 10.1. The molecule has 1 aliphatic heterocycles. The SMILES string of the molecule is CC(=O)OC1COc2c(SCc3ccccc3)cc(Cl)cc21. The van der Waals surface area contributed by atoms with Crippen LogP contribution in [-0.4, -0.2) is 12.6 Å². The van der Waals surface area contributed by atoms with Gasteiger partial charge in [-0.25, -0.2) is 0 Å². The molecule has 1 heterocycles. The van der Waals surface area contributed by atoms with Crippen molar-refractivity contribution in [3.8, 4) is 5.75 Å². The summed E-state index contributed by atoms with van der Waals surface area (Å²) in [5, 5.41) is 0.622. The summed E-state index contributed by atoms with van der Waals surface area (Å²) in [6.45, 7) is 1.74. The molecule has 0 bridgehead atoms. The molecular formula is C17H15ClO3S. The highest BCUT2D eigenvalue weighted by Gasteiger charge is 2.29. The minimum Gasteiger partial charge on any atom is -0.488 e. The lowest BCUT2D eigenvalue weighted by Crippen LogP contribution is -2.09. The van der Waals surface area contributed by atoms with E-state index in [9.17, 15) is 4.79 Å². The molecule has 5 heteroatoms. The summed E-state index contributed by atoms with van der Waals surface area (Å²) in [5.74, 6) is 1.28. The van der Waals surface area contributed by atoms with E-state index in [1.807, 2.05) is 30.3 Å². The molecule has 0 fully saturated rings. The van der Waals surface area contributed by atoms with Gasteiger partial charge in [0.25, 0.3) is 0 Å². The second-order valence-electron chi connectivity index (χ2n) is 5.01. The normalized spacial score (nSPS) is 16.0. The van der Waals surface area contributed by atoms with Gasteiger partial charge in [0.05, 0.1) is 4.90 Å². The maximum Gasteiger partial charge on any atom is 0.303 e. The van der Waals surface area contributed by atoms with Crippen LogP contribution < -0.4 is 4.74 Å². The molecule has 1 unspecified atom stereocenters. The topological polar surface area (TPSA) is 35.5 Å². The zero-order chi connectivity index (χ0) is 15.5. The van der Waals surface area contributed by atoms with Crippen LogP contribution in [0.2, 0.25) is 5.02 Å². The Bertz CT molecular complexity index is 688. The Labute approximate surface area is 138 Å². The van der Waals surface area contributed by atoms with Crippen molar-refractivity contribution >= 4 is 29.3 Å². The number of fused-ring (bicyclic) bond motifs is 1. The molecule has 0 N–H and O–H groups in total. The lowest BCUT2D eigenvalue weighted by Gasteiger charge is -2.10. The average molecular weight is 335 g/mol. The van der Waals surface area contributed by atoms with Crippen molar-refractivity contribution < 1.29 is 14.3 Å². The number of halogens is 1. The molecule has 1 atom stereocenters. The third kappa shape index (κ3) is 3.39. The summed E-state index contributed by atoms with van der Waals surface area (Å²) in [5.41, 5.74) is 2.08. The van der Waals surface area contributed by atoms with Gasteiger partial charge in [-0.05, 0) is 17.7 Å². The molecule has 0 amide bonds. The van der Waals surface area contributed by atoms with Gasteiger partial charge < -0.3 is 9.47 Å². The van der Waals surface area contributed by atoms with Gasteiger partial charge in [-0.2, -0.15) is 0 Å². The van der Waals surface area contributed by atoms with Crippen LogP contribution in [0, 0.1) is 0 Å². The fraction of sp³-hybridized carbons (Fsp3) is 0.235. The number of carbonyl (C=O) groups is 1. The summed E-state index contributed by atoms with van der Waals surface area (Å²) < 4.78 is 11.0. The van der Waals surface area contributed by atoms with Gasteiger partial charge in [-0.1, -0.05) is 41.9 Å². The van der Waals surface area contributed by atoms with Crippen molar-refractivity contribution in [1.29, 1.82) is 0 Å². The predicted octanol–water partition coefficient (Wildman–Crippen LogP) is 4.63. The van der Waals surface area contributed by atoms with Crippen molar-refractivity contribution in [2.75, 3.05) is 6.61 Å². The highest BCUT2D eigenvalue weighted by atomic mass is 35.5. The zero-order valence-electron chi connectivity index (χ0n) is 12.0. The number of hydrogen-bond acceptors (Lipinski definition) is 4. The fourth-order valence-electron chi connectivity index (χ4n) is 2.37. The van der Waals surface area contributed by atoms with E-state index in [2.05, 4.69) is 12.1 Å². The molecule has 0 aliphatic carbocycles. The minimum atomic E-state index is -0.373. The van der Waals surface area contributed by atoms with Gasteiger partial charge in [-0.15, -0.1) is 11.8 Å². The van der Waals surface area contributed by atoms with Crippen LogP contribution in [0.25, 0.3) is 0 Å². The molecule has 3 rings (SSSR count). The van der Waals surface area contributed by atoms with Gasteiger partial charge in [0.15, 0.2) is 6.10 Å². The van der Waals surface area contributed by atoms with E-state index in [0.29, 0.717) is 11.6 Å². The third-order valence-corrected chi connectivity index (χ3v) is 4.63. The Kier molecular flexibility index (Phi) is 4.60. The van der Waals surface area contributed by atoms with Crippen molar-refractivity contribution in [3.63, 3.8) is 0 Å². The molecule has 1 aliphatic rings. The smallest absolute Gasteiger partial charge is 0.303 e. The quantitative estimate of drug-likeness (QED) is 0.603. The highest BCUT2D eigenvalue weighted by Crippen LogP contribution is 2.44. The van der Waals surface area contributed by atoms with Crippen LogP contribution in [0.1, 0.15) is 24.2 Å². The van der Waals surface area contributed by atoms with Gasteiger partial charge in [0.2, 0.25) is 0 Å². The predicted molar refractivity (Wildman–Crippen MR) is 87.5 cm³/mol. The Morgan fingerprint density at radius 3 is 2.86 bits per heavy atom. The molecule has 3 nitrogen and oxygen atoms in total. The lowest BCUT2D eigenvalue weighted by molar-refractivity contribution is -0.147. The van der Waals surface area contributed by atoms with Gasteiger partial charge in [0.1, 0.15) is 12.4 Å². The maximum absolute atomic E-state index is 11.2. The van der Waals surface area contributed by atoms with Crippen molar-refractivity contribution in [3.05, 3.63) is 58.6 Å². The number of ether oxygens (including phenoxy) is 2. The fourth-order valence-corrected chi connectivity index (χ4v) is 3.70. The van der Waals surface area contributed by atoms with E-state index in [1.54, 1.807) is 11.8 Å². The Morgan fingerprint density at radius 1 is 1.36 bits per heavy atom. The highest BCUT2D eigenvalue weighted by molar-refractivity contribution is 7.98. The maximum atomic E-state index is 11.2. The minimum absolute atomic E-state index is 0.320. The van der Waals surface area contributed by atoms with E-state index >= 15 is 0 Å².